The molecule has 2 aromatic carbocycles. The molecule has 2 aromatic heterocycles. The van der Waals surface area contributed by atoms with Gasteiger partial charge in [0.15, 0.2) is 5.65 Å². The molecule has 1 amide bonds. The summed E-state index contributed by atoms with van der Waals surface area (Å²) in [4.78, 5) is 24.3. The second-order valence-corrected chi connectivity index (χ2v) is 7.87. The van der Waals surface area contributed by atoms with Crippen molar-refractivity contribution in [3.8, 4) is 11.4 Å². The number of aromatic nitrogens is 4. The van der Waals surface area contributed by atoms with Crippen molar-refractivity contribution in [1.82, 2.24) is 19.7 Å². The summed E-state index contributed by atoms with van der Waals surface area (Å²) >= 11 is 0. The third kappa shape index (κ3) is 3.53. The Bertz CT molecular complexity index is 1270. The molecular weight excluding hydrogens is 404 g/mol. The summed E-state index contributed by atoms with van der Waals surface area (Å²) in [6, 6.07) is 15.3. The number of anilines is 2. The molecule has 8 heteroatoms. The van der Waals surface area contributed by atoms with Gasteiger partial charge in [-0.3, -0.25) is 4.79 Å². The van der Waals surface area contributed by atoms with Crippen molar-refractivity contribution >= 4 is 28.4 Å². The van der Waals surface area contributed by atoms with Crippen molar-refractivity contribution in [1.29, 1.82) is 0 Å². The molecule has 32 heavy (non-hydrogen) atoms. The third-order valence-electron chi connectivity index (χ3n) is 5.79. The standard InChI is InChI=1S/C24H24N6O2/c1-16-10-11-21(32-2)19(13-16)28-24(31)20-9-6-12-29(20)22-18-14-27-30(23(18)26-15-25-22)17-7-4-3-5-8-17/h3-5,7-8,10-11,13-15,20H,6,9,12H2,1-2H3,(H,28,31). The van der Waals surface area contributed by atoms with Crippen LogP contribution in [0.1, 0.15) is 18.4 Å². The fraction of sp³-hybridized carbons (Fsp3) is 0.250. The minimum absolute atomic E-state index is 0.0754. The molecule has 0 aliphatic carbocycles. The van der Waals surface area contributed by atoms with Crippen LogP contribution in [0.3, 0.4) is 0 Å². The minimum Gasteiger partial charge on any atom is -0.495 e. The van der Waals surface area contributed by atoms with Crippen LogP contribution < -0.4 is 15.0 Å². The maximum absolute atomic E-state index is 13.3. The van der Waals surface area contributed by atoms with Gasteiger partial charge >= 0.3 is 0 Å². The molecule has 1 N–H and O–H groups in total. The first-order chi connectivity index (χ1) is 15.7. The number of aryl methyl sites for hydroxylation is 1. The summed E-state index contributed by atoms with van der Waals surface area (Å²) < 4.78 is 7.21. The topological polar surface area (TPSA) is 85.2 Å². The van der Waals surface area contributed by atoms with Crippen LogP contribution in [0.15, 0.2) is 61.1 Å². The Kier molecular flexibility index (Phi) is 5.18. The molecule has 1 aliphatic heterocycles. The number of nitrogens with one attached hydrogen (secondary N) is 1. The second-order valence-electron chi connectivity index (χ2n) is 7.87. The Morgan fingerprint density at radius 2 is 2.00 bits per heavy atom. The van der Waals surface area contributed by atoms with Crippen LogP contribution >= 0.6 is 0 Å². The highest BCUT2D eigenvalue weighted by Gasteiger charge is 2.33. The molecule has 0 radical (unpaired) electrons. The smallest absolute Gasteiger partial charge is 0.247 e. The summed E-state index contributed by atoms with van der Waals surface area (Å²) in [5.74, 6) is 1.29. The maximum Gasteiger partial charge on any atom is 0.247 e. The van der Waals surface area contributed by atoms with Crippen molar-refractivity contribution in [2.45, 2.75) is 25.8 Å². The number of hydrogen-bond acceptors (Lipinski definition) is 6. The zero-order valence-corrected chi connectivity index (χ0v) is 18.0. The minimum atomic E-state index is -0.335. The van der Waals surface area contributed by atoms with Crippen molar-refractivity contribution in [2.24, 2.45) is 0 Å². The van der Waals surface area contributed by atoms with Gasteiger partial charge in [0.05, 0.1) is 30.1 Å². The highest BCUT2D eigenvalue weighted by atomic mass is 16.5. The summed E-state index contributed by atoms with van der Waals surface area (Å²) in [5, 5.41) is 8.41. The number of nitrogens with zero attached hydrogens (tertiary/aromatic N) is 5. The number of rotatable bonds is 5. The van der Waals surface area contributed by atoms with Crippen molar-refractivity contribution < 1.29 is 9.53 Å². The molecule has 8 nitrogen and oxygen atoms in total. The van der Waals surface area contributed by atoms with E-state index in [2.05, 4.69) is 25.3 Å². The normalized spacial score (nSPS) is 15.8. The molecule has 1 saturated heterocycles. The average Bonchev–Trinajstić information content (AvgIpc) is 3.47. The van der Waals surface area contributed by atoms with Crippen LogP contribution in [0.5, 0.6) is 5.75 Å². The molecule has 162 valence electrons. The van der Waals surface area contributed by atoms with Crippen LogP contribution in [-0.4, -0.2) is 45.4 Å². The fourth-order valence-corrected chi connectivity index (χ4v) is 4.25. The monoisotopic (exact) mass is 428 g/mol. The van der Waals surface area contributed by atoms with Gasteiger partial charge in [-0.2, -0.15) is 5.10 Å². The molecule has 0 saturated carbocycles. The van der Waals surface area contributed by atoms with E-state index in [-0.39, 0.29) is 11.9 Å². The lowest BCUT2D eigenvalue weighted by Gasteiger charge is -2.25. The van der Waals surface area contributed by atoms with E-state index in [9.17, 15) is 4.79 Å². The van der Waals surface area contributed by atoms with E-state index in [1.165, 1.54) is 6.33 Å². The van der Waals surface area contributed by atoms with Crippen LogP contribution in [0.4, 0.5) is 11.5 Å². The van der Waals surface area contributed by atoms with Gasteiger partial charge in [-0.25, -0.2) is 14.6 Å². The second kappa shape index (κ2) is 8.30. The molecule has 3 heterocycles. The first kappa shape index (κ1) is 20.0. The lowest BCUT2D eigenvalue weighted by molar-refractivity contribution is -0.117. The molecule has 5 rings (SSSR count). The van der Waals surface area contributed by atoms with E-state index in [0.29, 0.717) is 17.1 Å². The Morgan fingerprint density at radius 3 is 2.81 bits per heavy atom. The lowest BCUT2D eigenvalue weighted by Crippen LogP contribution is -2.40. The fourth-order valence-electron chi connectivity index (χ4n) is 4.25. The largest absolute Gasteiger partial charge is 0.495 e. The van der Waals surface area contributed by atoms with E-state index in [1.54, 1.807) is 18.0 Å². The van der Waals surface area contributed by atoms with Gasteiger partial charge in [0.2, 0.25) is 5.91 Å². The van der Waals surface area contributed by atoms with Gasteiger partial charge < -0.3 is 15.0 Å². The van der Waals surface area contributed by atoms with Gasteiger partial charge in [-0.15, -0.1) is 0 Å². The number of carbonyl (C=O) groups is 1. The number of hydrogen-bond donors (Lipinski definition) is 1. The van der Waals surface area contributed by atoms with Crippen molar-refractivity contribution in [2.75, 3.05) is 23.9 Å². The number of amides is 1. The maximum atomic E-state index is 13.3. The first-order valence-corrected chi connectivity index (χ1v) is 10.6. The number of carbonyl (C=O) groups excluding carboxylic acids is 1. The zero-order valence-electron chi connectivity index (χ0n) is 18.0. The number of methoxy groups -OCH3 is 1. The molecule has 1 atom stereocenters. The third-order valence-corrected chi connectivity index (χ3v) is 5.79. The molecular formula is C24H24N6O2. The predicted octanol–water partition coefficient (Wildman–Crippen LogP) is 3.74. The Balaban J connectivity index is 1.47. The van der Waals surface area contributed by atoms with Gasteiger partial charge in [-0.1, -0.05) is 24.3 Å². The Morgan fingerprint density at radius 1 is 1.16 bits per heavy atom. The van der Waals surface area contributed by atoms with Crippen LogP contribution in [0.2, 0.25) is 0 Å². The molecule has 0 bridgehead atoms. The van der Waals surface area contributed by atoms with E-state index in [4.69, 9.17) is 4.74 Å². The molecule has 4 aromatic rings. The van der Waals surface area contributed by atoms with E-state index in [0.717, 1.165) is 41.8 Å². The molecule has 1 aliphatic rings. The summed E-state index contributed by atoms with van der Waals surface area (Å²) in [6.45, 7) is 2.73. The van der Waals surface area contributed by atoms with Gasteiger partial charge in [-0.05, 0) is 49.6 Å². The van der Waals surface area contributed by atoms with Crippen LogP contribution in [-0.2, 0) is 4.79 Å². The van der Waals surface area contributed by atoms with Crippen molar-refractivity contribution in [3.63, 3.8) is 0 Å². The molecule has 1 fully saturated rings. The zero-order chi connectivity index (χ0) is 22.1. The highest BCUT2D eigenvalue weighted by Crippen LogP contribution is 2.32. The van der Waals surface area contributed by atoms with Crippen LogP contribution in [0, 0.1) is 6.92 Å². The Labute approximate surface area is 185 Å². The summed E-state index contributed by atoms with van der Waals surface area (Å²) in [7, 11) is 1.60. The van der Waals surface area contributed by atoms with Crippen LogP contribution in [0.25, 0.3) is 16.7 Å². The predicted molar refractivity (Wildman–Crippen MR) is 123 cm³/mol. The number of fused-ring (bicyclic) bond motifs is 1. The van der Waals surface area contributed by atoms with E-state index >= 15 is 0 Å². The summed E-state index contributed by atoms with van der Waals surface area (Å²) in [5.41, 5.74) is 3.37. The highest BCUT2D eigenvalue weighted by molar-refractivity contribution is 6.00. The number of benzene rings is 2. The first-order valence-electron chi connectivity index (χ1n) is 10.6. The van der Waals surface area contributed by atoms with Crippen molar-refractivity contribution in [3.05, 3.63) is 66.6 Å². The quantitative estimate of drug-likeness (QED) is 0.521. The average molecular weight is 428 g/mol. The van der Waals surface area contributed by atoms with E-state index in [1.807, 2.05) is 55.5 Å². The SMILES string of the molecule is COc1ccc(C)cc1NC(=O)C1CCCN1c1ncnc2c1cnn2-c1ccccc1. The lowest BCUT2D eigenvalue weighted by atomic mass is 10.1. The molecule has 1 unspecified atom stereocenters. The van der Waals surface area contributed by atoms with E-state index < -0.39 is 0 Å². The number of para-hydroxylation sites is 1. The summed E-state index contributed by atoms with van der Waals surface area (Å²) in [6.07, 6.45) is 4.96. The Hall–Kier alpha value is -3.94. The van der Waals surface area contributed by atoms with Gasteiger partial charge in [0.25, 0.3) is 0 Å². The van der Waals surface area contributed by atoms with Gasteiger partial charge in [0, 0.05) is 6.54 Å². The number of ether oxygens (including phenoxy) is 1. The van der Waals surface area contributed by atoms with Gasteiger partial charge in [0.1, 0.15) is 23.9 Å². The molecule has 0 spiro atoms.